The number of fused-ring (bicyclic) bond motifs is 1. The third-order valence-corrected chi connectivity index (χ3v) is 4.73. The van der Waals surface area contributed by atoms with Crippen LogP contribution in [0.4, 0.5) is 0 Å². The van der Waals surface area contributed by atoms with Gasteiger partial charge in [0.25, 0.3) is 0 Å². The molecule has 0 saturated carbocycles. The van der Waals surface area contributed by atoms with E-state index in [1.165, 1.54) is 0 Å². The Morgan fingerprint density at radius 2 is 2.07 bits per heavy atom. The summed E-state index contributed by atoms with van der Waals surface area (Å²) in [6, 6.07) is 5.14. The summed E-state index contributed by atoms with van der Waals surface area (Å²) in [5.74, 6) is 0. The molecule has 0 aromatic heterocycles. The number of sulfone groups is 1. The lowest BCUT2D eigenvalue weighted by Crippen LogP contribution is -1.94. The van der Waals surface area contributed by atoms with Crippen LogP contribution in [0.1, 0.15) is 12.0 Å². The van der Waals surface area contributed by atoms with Crippen LogP contribution in [0.25, 0.3) is 5.57 Å². The number of carbonyl (C=O) groups excluding carboxylic acids is 1. The minimum atomic E-state index is -3.38. The Bertz CT molecular complexity index is 558. The SMILES string of the molecule is O=CCC1=CS(=O)(=O)c2c(Br)cccc21. The zero-order chi connectivity index (χ0) is 11.1. The Hall–Kier alpha value is -0.940. The summed E-state index contributed by atoms with van der Waals surface area (Å²) < 4.78 is 24.0. The third kappa shape index (κ3) is 1.66. The van der Waals surface area contributed by atoms with Gasteiger partial charge in [-0.2, -0.15) is 0 Å². The molecule has 0 fully saturated rings. The van der Waals surface area contributed by atoms with E-state index in [9.17, 15) is 13.2 Å². The Balaban J connectivity index is 2.73. The molecule has 0 N–H and O–H groups in total. The minimum Gasteiger partial charge on any atom is -0.303 e. The van der Waals surface area contributed by atoms with Crippen molar-refractivity contribution < 1.29 is 13.2 Å². The largest absolute Gasteiger partial charge is 0.303 e. The van der Waals surface area contributed by atoms with E-state index in [-0.39, 0.29) is 11.3 Å². The van der Waals surface area contributed by atoms with Gasteiger partial charge in [-0.1, -0.05) is 12.1 Å². The molecule has 5 heteroatoms. The molecule has 2 rings (SSSR count). The van der Waals surface area contributed by atoms with Crippen molar-refractivity contribution in [1.29, 1.82) is 0 Å². The van der Waals surface area contributed by atoms with Gasteiger partial charge in [0.05, 0.1) is 4.90 Å². The van der Waals surface area contributed by atoms with Crippen LogP contribution in [0.2, 0.25) is 0 Å². The fourth-order valence-electron chi connectivity index (χ4n) is 1.61. The second-order valence-corrected chi connectivity index (χ2v) is 5.76. The second-order valence-electron chi connectivity index (χ2n) is 3.18. The standard InChI is InChI=1S/C10H7BrO3S/c11-9-3-1-2-8-7(4-5-12)6-15(13,14)10(8)9/h1-3,5-6H,4H2. The first-order valence-corrected chi connectivity index (χ1v) is 6.58. The number of aldehydes is 1. The third-order valence-electron chi connectivity index (χ3n) is 2.20. The highest BCUT2D eigenvalue weighted by Gasteiger charge is 2.28. The predicted octanol–water partition coefficient (Wildman–Crippen LogP) is 2.17. The summed E-state index contributed by atoms with van der Waals surface area (Å²) in [5.41, 5.74) is 1.18. The highest BCUT2D eigenvalue weighted by atomic mass is 79.9. The van der Waals surface area contributed by atoms with Gasteiger partial charge in [-0.15, -0.1) is 0 Å². The van der Waals surface area contributed by atoms with Crippen LogP contribution in [-0.4, -0.2) is 14.7 Å². The number of allylic oxidation sites excluding steroid dienone is 1. The van der Waals surface area contributed by atoms with Crippen LogP contribution in [0.3, 0.4) is 0 Å². The summed E-state index contributed by atoms with van der Waals surface area (Å²) in [7, 11) is -3.38. The molecular weight excluding hydrogens is 280 g/mol. The number of hydrogen-bond donors (Lipinski definition) is 0. The predicted molar refractivity (Wildman–Crippen MR) is 60.0 cm³/mol. The number of benzene rings is 1. The zero-order valence-electron chi connectivity index (χ0n) is 7.60. The summed E-state index contributed by atoms with van der Waals surface area (Å²) in [6.45, 7) is 0. The Kier molecular flexibility index (Phi) is 2.52. The van der Waals surface area contributed by atoms with Crippen molar-refractivity contribution in [3.63, 3.8) is 0 Å². The first-order valence-electron chi connectivity index (χ1n) is 4.24. The molecule has 1 aromatic carbocycles. The van der Waals surface area contributed by atoms with E-state index < -0.39 is 9.84 Å². The van der Waals surface area contributed by atoms with Gasteiger partial charge in [0.15, 0.2) is 0 Å². The maximum Gasteiger partial charge on any atom is 0.201 e. The highest BCUT2D eigenvalue weighted by Crippen LogP contribution is 2.38. The van der Waals surface area contributed by atoms with Gasteiger partial charge in [0.1, 0.15) is 6.29 Å². The van der Waals surface area contributed by atoms with Crippen molar-refractivity contribution >= 4 is 37.6 Å². The van der Waals surface area contributed by atoms with Crippen LogP contribution in [0.15, 0.2) is 33.0 Å². The van der Waals surface area contributed by atoms with Crippen molar-refractivity contribution in [3.05, 3.63) is 33.6 Å². The molecule has 1 heterocycles. The van der Waals surface area contributed by atoms with Crippen molar-refractivity contribution in [2.75, 3.05) is 0 Å². The molecule has 0 atom stereocenters. The second kappa shape index (κ2) is 3.57. The average molecular weight is 287 g/mol. The van der Waals surface area contributed by atoms with E-state index in [4.69, 9.17) is 0 Å². The average Bonchev–Trinajstić information content (AvgIpc) is 2.40. The highest BCUT2D eigenvalue weighted by molar-refractivity contribution is 9.10. The van der Waals surface area contributed by atoms with E-state index in [1.807, 2.05) is 0 Å². The molecule has 0 amide bonds. The van der Waals surface area contributed by atoms with E-state index in [1.54, 1.807) is 18.2 Å². The molecule has 78 valence electrons. The normalized spacial score (nSPS) is 17.0. The summed E-state index contributed by atoms with van der Waals surface area (Å²) in [4.78, 5) is 10.7. The monoisotopic (exact) mass is 286 g/mol. The Labute approximate surface area is 95.9 Å². The van der Waals surface area contributed by atoms with Gasteiger partial charge in [-0.05, 0) is 33.1 Å². The molecule has 0 unspecified atom stereocenters. The van der Waals surface area contributed by atoms with Gasteiger partial charge in [-0.3, -0.25) is 0 Å². The molecule has 0 bridgehead atoms. The lowest BCUT2D eigenvalue weighted by molar-refractivity contribution is -0.107. The quantitative estimate of drug-likeness (QED) is 0.783. The number of rotatable bonds is 2. The number of halogens is 1. The topological polar surface area (TPSA) is 51.2 Å². The van der Waals surface area contributed by atoms with Crippen LogP contribution in [0.5, 0.6) is 0 Å². The molecular formula is C10H7BrO3S. The fourth-order valence-corrected chi connectivity index (χ4v) is 4.21. The summed E-state index contributed by atoms with van der Waals surface area (Å²) in [6.07, 6.45) is 0.833. The maximum absolute atomic E-state index is 11.7. The Morgan fingerprint density at radius 3 is 2.73 bits per heavy atom. The number of carbonyl (C=O) groups is 1. The molecule has 1 aliphatic heterocycles. The molecule has 15 heavy (non-hydrogen) atoms. The van der Waals surface area contributed by atoms with E-state index >= 15 is 0 Å². The van der Waals surface area contributed by atoms with Crippen molar-refractivity contribution in [3.8, 4) is 0 Å². The zero-order valence-corrected chi connectivity index (χ0v) is 10.0. The first-order chi connectivity index (χ1) is 7.06. The van der Waals surface area contributed by atoms with Gasteiger partial charge in [0, 0.05) is 16.3 Å². The molecule has 0 radical (unpaired) electrons. The Morgan fingerprint density at radius 1 is 1.33 bits per heavy atom. The molecule has 3 nitrogen and oxygen atoms in total. The van der Waals surface area contributed by atoms with Crippen LogP contribution in [0, 0.1) is 0 Å². The van der Waals surface area contributed by atoms with Crippen molar-refractivity contribution in [2.45, 2.75) is 11.3 Å². The fraction of sp³-hybridized carbons (Fsp3) is 0.100. The maximum atomic E-state index is 11.7. The summed E-state index contributed by atoms with van der Waals surface area (Å²) >= 11 is 3.20. The number of hydrogen-bond acceptors (Lipinski definition) is 3. The molecule has 0 saturated heterocycles. The van der Waals surface area contributed by atoms with Gasteiger partial charge in [0.2, 0.25) is 9.84 Å². The van der Waals surface area contributed by atoms with Crippen molar-refractivity contribution in [2.24, 2.45) is 0 Å². The van der Waals surface area contributed by atoms with Gasteiger partial charge in [-0.25, -0.2) is 8.42 Å². The summed E-state index contributed by atoms with van der Waals surface area (Å²) in [5, 5.41) is 1.16. The molecule has 0 spiro atoms. The van der Waals surface area contributed by atoms with E-state index in [0.29, 0.717) is 21.9 Å². The van der Waals surface area contributed by atoms with Gasteiger partial charge >= 0.3 is 0 Å². The van der Waals surface area contributed by atoms with E-state index in [2.05, 4.69) is 15.9 Å². The van der Waals surface area contributed by atoms with Crippen LogP contribution < -0.4 is 0 Å². The van der Waals surface area contributed by atoms with Gasteiger partial charge < -0.3 is 4.79 Å². The van der Waals surface area contributed by atoms with Crippen molar-refractivity contribution in [1.82, 2.24) is 0 Å². The van der Waals surface area contributed by atoms with Crippen LogP contribution >= 0.6 is 15.9 Å². The first kappa shape index (κ1) is 10.6. The molecule has 1 aromatic rings. The van der Waals surface area contributed by atoms with E-state index in [0.717, 1.165) is 5.41 Å². The lowest BCUT2D eigenvalue weighted by atomic mass is 10.1. The molecule has 0 aliphatic carbocycles. The molecule has 1 aliphatic rings. The van der Waals surface area contributed by atoms with Crippen LogP contribution in [-0.2, 0) is 14.6 Å². The minimum absolute atomic E-state index is 0.128. The lowest BCUT2D eigenvalue weighted by Gasteiger charge is -2.02. The smallest absolute Gasteiger partial charge is 0.201 e.